The van der Waals surface area contributed by atoms with Crippen LogP contribution in [0, 0.1) is 0 Å². The highest BCUT2D eigenvalue weighted by Gasteiger charge is 2.20. The summed E-state index contributed by atoms with van der Waals surface area (Å²) in [6, 6.07) is 8.43. The van der Waals surface area contributed by atoms with E-state index in [1.54, 1.807) is 0 Å². The number of esters is 1. The van der Waals surface area contributed by atoms with Crippen LogP contribution < -0.4 is 0 Å². The number of para-hydroxylation sites is 1. The Labute approximate surface area is 115 Å². The van der Waals surface area contributed by atoms with Crippen molar-refractivity contribution < 1.29 is 9.53 Å². The quantitative estimate of drug-likeness (QED) is 0.632. The van der Waals surface area contributed by atoms with Gasteiger partial charge in [0.05, 0.1) is 7.11 Å². The molecule has 0 aliphatic carbocycles. The van der Waals surface area contributed by atoms with E-state index in [9.17, 15) is 4.79 Å². The molecule has 0 saturated carbocycles. The maximum absolute atomic E-state index is 11.3. The minimum absolute atomic E-state index is 0.148. The summed E-state index contributed by atoms with van der Waals surface area (Å²) in [5.41, 5.74) is 2.52. The average Bonchev–Trinajstić information content (AvgIpc) is 2.75. The highest BCUT2D eigenvalue weighted by Crippen LogP contribution is 2.25. The Hall–Kier alpha value is -1.55. The molecule has 2 aromatic rings. The maximum atomic E-state index is 11.3. The Kier molecular flexibility index (Phi) is 3.80. The zero-order chi connectivity index (χ0) is 14.0. The van der Waals surface area contributed by atoms with Crippen molar-refractivity contribution in [1.29, 1.82) is 0 Å². The molecule has 3 nitrogen and oxygen atoms in total. The Balaban J connectivity index is 2.42. The number of aryl methyl sites for hydroxylation is 1. The summed E-state index contributed by atoms with van der Waals surface area (Å²) in [5, 5.41) is 1.26. The Bertz CT molecular complexity index is 596. The van der Waals surface area contributed by atoms with Gasteiger partial charge < -0.3 is 8.97 Å². The van der Waals surface area contributed by atoms with E-state index < -0.39 is 8.24 Å². The van der Waals surface area contributed by atoms with Crippen LogP contribution in [0.5, 0.6) is 0 Å². The van der Waals surface area contributed by atoms with E-state index in [1.165, 1.54) is 23.6 Å². The van der Waals surface area contributed by atoms with Crippen molar-refractivity contribution in [1.82, 2.24) is 4.23 Å². The predicted octanol–water partition coefficient (Wildman–Crippen LogP) is 3.43. The lowest BCUT2D eigenvalue weighted by Crippen LogP contribution is -2.31. The molecule has 2 rings (SSSR count). The first-order valence-corrected chi connectivity index (χ1v) is 10.0. The van der Waals surface area contributed by atoms with Crippen LogP contribution in [0.4, 0.5) is 0 Å². The molecule has 19 heavy (non-hydrogen) atoms. The van der Waals surface area contributed by atoms with Gasteiger partial charge in [0, 0.05) is 17.3 Å². The van der Waals surface area contributed by atoms with Gasteiger partial charge in [-0.25, -0.2) is 0 Å². The van der Waals surface area contributed by atoms with Gasteiger partial charge in [0.15, 0.2) is 8.24 Å². The first kappa shape index (κ1) is 13.9. The molecule has 4 heteroatoms. The molecule has 0 unspecified atom stereocenters. The molecule has 1 heterocycles. The monoisotopic (exact) mass is 275 g/mol. The molecule has 1 aromatic heterocycles. The number of fused-ring (bicyclic) bond motifs is 1. The fraction of sp³-hybridized carbons (Fsp3) is 0.400. The Morgan fingerprint density at radius 1 is 1.26 bits per heavy atom. The smallest absolute Gasteiger partial charge is 0.305 e. The number of carbonyl (C=O) groups excluding carboxylic acids is 1. The van der Waals surface area contributed by atoms with Crippen LogP contribution in [0.2, 0.25) is 19.6 Å². The number of aromatic nitrogens is 1. The second-order valence-electron chi connectivity index (χ2n) is 5.79. The fourth-order valence-electron chi connectivity index (χ4n) is 2.34. The number of benzene rings is 1. The maximum Gasteiger partial charge on any atom is 0.305 e. The largest absolute Gasteiger partial charge is 0.469 e. The van der Waals surface area contributed by atoms with Crippen molar-refractivity contribution >= 4 is 25.1 Å². The van der Waals surface area contributed by atoms with Crippen LogP contribution in [-0.2, 0) is 16.0 Å². The summed E-state index contributed by atoms with van der Waals surface area (Å²) in [7, 11) is -0.00278. The summed E-state index contributed by atoms with van der Waals surface area (Å²) in [5.74, 6) is -0.148. The number of ether oxygens (including phenoxy) is 1. The second-order valence-corrected chi connectivity index (χ2v) is 10.6. The first-order valence-electron chi connectivity index (χ1n) is 6.60. The first-order chi connectivity index (χ1) is 8.93. The topological polar surface area (TPSA) is 31.2 Å². The fourth-order valence-corrected chi connectivity index (χ4v) is 3.80. The van der Waals surface area contributed by atoms with E-state index >= 15 is 0 Å². The Morgan fingerprint density at radius 2 is 1.95 bits per heavy atom. The summed E-state index contributed by atoms with van der Waals surface area (Å²) in [4.78, 5) is 11.3. The summed E-state index contributed by atoms with van der Waals surface area (Å²) < 4.78 is 7.13. The lowest BCUT2D eigenvalue weighted by atomic mass is 10.1. The van der Waals surface area contributed by atoms with Crippen molar-refractivity contribution in [3.63, 3.8) is 0 Å². The van der Waals surface area contributed by atoms with E-state index in [4.69, 9.17) is 4.74 Å². The van der Waals surface area contributed by atoms with E-state index in [-0.39, 0.29) is 5.97 Å². The van der Waals surface area contributed by atoms with Gasteiger partial charge in [0.2, 0.25) is 0 Å². The molecular weight excluding hydrogens is 254 g/mol. The van der Waals surface area contributed by atoms with Crippen molar-refractivity contribution in [2.24, 2.45) is 0 Å². The number of hydrogen-bond acceptors (Lipinski definition) is 2. The van der Waals surface area contributed by atoms with Gasteiger partial charge in [-0.15, -0.1) is 0 Å². The van der Waals surface area contributed by atoms with Gasteiger partial charge in [0.1, 0.15) is 0 Å². The normalized spacial score (nSPS) is 11.8. The highest BCUT2D eigenvalue weighted by molar-refractivity contribution is 6.75. The standard InChI is InChI=1S/C15H21NO2Si/c1-18-15(17)10-9-12-11-16(19(2,3)4)14-8-6-5-7-13(12)14/h5-8,11H,9-10H2,1-4H3. The SMILES string of the molecule is COC(=O)CCc1cn([Si](C)(C)C)c2ccccc12. The number of hydrogen-bond donors (Lipinski definition) is 0. The van der Waals surface area contributed by atoms with E-state index in [1.807, 2.05) is 0 Å². The molecule has 0 amide bonds. The number of methoxy groups -OCH3 is 1. The van der Waals surface area contributed by atoms with E-state index in [0.29, 0.717) is 6.42 Å². The predicted molar refractivity (Wildman–Crippen MR) is 81.0 cm³/mol. The van der Waals surface area contributed by atoms with Crippen molar-refractivity contribution in [3.8, 4) is 0 Å². The molecule has 0 atom stereocenters. The molecular formula is C15H21NO2Si. The third-order valence-electron chi connectivity index (χ3n) is 3.34. The van der Waals surface area contributed by atoms with Gasteiger partial charge in [-0.05, 0) is 24.2 Å². The van der Waals surface area contributed by atoms with Crippen LogP contribution in [0.1, 0.15) is 12.0 Å². The number of carbonyl (C=O) groups is 1. The molecule has 0 bridgehead atoms. The summed E-state index contributed by atoms with van der Waals surface area (Å²) in [6.07, 6.45) is 3.40. The van der Waals surface area contributed by atoms with Crippen molar-refractivity contribution in [2.75, 3.05) is 7.11 Å². The summed E-state index contributed by atoms with van der Waals surface area (Å²) in [6.45, 7) is 6.97. The second kappa shape index (κ2) is 5.21. The van der Waals surface area contributed by atoms with Crippen LogP contribution in [-0.4, -0.2) is 25.5 Å². The molecule has 0 aliphatic heterocycles. The van der Waals surface area contributed by atoms with Gasteiger partial charge in [-0.1, -0.05) is 37.8 Å². The Morgan fingerprint density at radius 3 is 2.58 bits per heavy atom. The summed E-state index contributed by atoms with van der Waals surface area (Å²) >= 11 is 0. The number of nitrogens with zero attached hydrogens (tertiary/aromatic N) is 1. The van der Waals surface area contributed by atoms with Crippen LogP contribution in [0.15, 0.2) is 30.5 Å². The molecule has 0 fully saturated rings. The molecule has 0 aliphatic rings. The zero-order valence-electron chi connectivity index (χ0n) is 12.1. The van der Waals surface area contributed by atoms with E-state index in [2.05, 4.69) is 54.3 Å². The van der Waals surface area contributed by atoms with Gasteiger partial charge >= 0.3 is 5.97 Å². The molecule has 0 spiro atoms. The zero-order valence-corrected chi connectivity index (χ0v) is 13.1. The third kappa shape index (κ3) is 2.89. The van der Waals surface area contributed by atoms with Gasteiger partial charge in [-0.3, -0.25) is 4.79 Å². The van der Waals surface area contributed by atoms with Crippen molar-refractivity contribution in [3.05, 3.63) is 36.0 Å². The lowest BCUT2D eigenvalue weighted by Gasteiger charge is -2.19. The molecule has 0 N–H and O–H groups in total. The highest BCUT2D eigenvalue weighted by atomic mass is 28.3. The van der Waals surface area contributed by atoms with Gasteiger partial charge in [0.25, 0.3) is 0 Å². The molecule has 0 radical (unpaired) electrons. The average molecular weight is 275 g/mol. The number of rotatable bonds is 4. The molecule has 1 aromatic carbocycles. The van der Waals surface area contributed by atoms with Crippen molar-refractivity contribution in [2.45, 2.75) is 32.5 Å². The minimum atomic E-state index is -1.44. The van der Waals surface area contributed by atoms with Crippen LogP contribution in [0.3, 0.4) is 0 Å². The minimum Gasteiger partial charge on any atom is -0.469 e. The lowest BCUT2D eigenvalue weighted by molar-refractivity contribution is -0.140. The van der Waals surface area contributed by atoms with Crippen LogP contribution >= 0.6 is 0 Å². The third-order valence-corrected chi connectivity index (χ3v) is 5.16. The van der Waals surface area contributed by atoms with Gasteiger partial charge in [-0.2, -0.15) is 0 Å². The molecule has 0 saturated heterocycles. The van der Waals surface area contributed by atoms with E-state index in [0.717, 1.165) is 6.42 Å². The molecule has 102 valence electrons. The van der Waals surface area contributed by atoms with Crippen LogP contribution in [0.25, 0.3) is 10.9 Å².